The van der Waals surface area contributed by atoms with Gasteiger partial charge in [-0.1, -0.05) is 27.3 Å². The lowest BCUT2D eigenvalue weighted by atomic mass is 10.1. The summed E-state index contributed by atoms with van der Waals surface area (Å²) in [6, 6.07) is 4.63. The van der Waals surface area contributed by atoms with Crippen molar-refractivity contribution in [2.45, 2.75) is 6.92 Å². The number of rotatable bonds is 2. The Morgan fingerprint density at radius 3 is 2.90 bits per heavy atom. The Labute approximate surface area is 125 Å². The lowest BCUT2D eigenvalue weighted by Crippen LogP contribution is -1.96. The van der Waals surface area contributed by atoms with Crippen molar-refractivity contribution in [3.8, 4) is 11.3 Å². The summed E-state index contributed by atoms with van der Waals surface area (Å²) in [5.74, 6) is -1.34. The zero-order valence-electron chi connectivity index (χ0n) is 10.2. The van der Waals surface area contributed by atoms with Gasteiger partial charge in [0.2, 0.25) is 0 Å². The SMILES string of the molecule is Cc1c(C(=O)O)sc2nc(-c3cc(Br)ccc3F)cn12. The highest BCUT2D eigenvalue weighted by Gasteiger charge is 2.18. The molecule has 0 amide bonds. The maximum absolute atomic E-state index is 13.8. The second-order valence-electron chi connectivity index (χ2n) is 4.22. The molecule has 0 aliphatic rings. The number of carboxylic acid groups (broad SMARTS) is 1. The molecule has 0 spiro atoms. The number of halogens is 2. The lowest BCUT2D eigenvalue weighted by Gasteiger charge is -1.99. The Balaban J connectivity index is 2.19. The third kappa shape index (κ3) is 2.03. The van der Waals surface area contributed by atoms with Crippen LogP contribution >= 0.6 is 27.3 Å². The number of carbonyl (C=O) groups is 1. The molecule has 20 heavy (non-hydrogen) atoms. The molecule has 0 bridgehead atoms. The van der Waals surface area contributed by atoms with Gasteiger partial charge in [-0.05, 0) is 25.1 Å². The van der Waals surface area contributed by atoms with Gasteiger partial charge in [0.05, 0.1) is 5.69 Å². The minimum atomic E-state index is -0.979. The number of aromatic nitrogens is 2. The van der Waals surface area contributed by atoms with Gasteiger partial charge in [-0.2, -0.15) is 0 Å². The molecule has 1 aromatic carbocycles. The van der Waals surface area contributed by atoms with Crippen molar-refractivity contribution < 1.29 is 14.3 Å². The van der Waals surface area contributed by atoms with Gasteiger partial charge in [0, 0.05) is 21.9 Å². The molecular weight excluding hydrogens is 347 g/mol. The second-order valence-corrected chi connectivity index (χ2v) is 6.12. The van der Waals surface area contributed by atoms with E-state index < -0.39 is 5.97 Å². The van der Waals surface area contributed by atoms with Gasteiger partial charge in [-0.15, -0.1) is 0 Å². The zero-order valence-corrected chi connectivity index (χ0v) is 12.6. The predicted octanol–water partition coefficient (Wildman–Crippen LogP) is 3.97. The number of hydrogen-bond donors (Lipinski definition) is 1. The van der Waals surface area contributed by atoms with E-state index in [2.05, 4.69) is 20.9 Å². The van der Waals surface area contributed by atoms with Crippen LogP contribution in [0.5, 0.6) is 0 Å². The Morgan fingerprint density at radius 2 is 2.25 bits per heavy atom. The number of thiazole rings is 1. The second kappa shape index (κ2) is 4.68. The first kappa shape index (κ1) is 13.3. The van der Waals surface area contributed by atoms with Crippen LogP contribution in [-0.4, -0.2) is 20.5 Å². The number of aromatic carboxylic acids is 1. The molecule has 102 valence electrons. The molecule has 3 rings (SSSR count). The smallest absolute Gasteiger partial charge is 0.347 e. The Kier molecular flexibility index (Phi) is 3.10. The molecule has 0 aliphatic carbocycles. The topological polar surface area (TPSA) is 54.6 Å². The molecule has 0 radical (unpaired) electrons. The summed E-state index contributed by atoms with van der Waals surface area (Å²) in [7, 11) is 0. The summed E-state index contributed by atoms with van der Waals surface area (Å²) in [5.41, 5.74) is 1.45. The minimum absolute atomic E-state index is 0.244. The van der Waals surface area contributed by atoms with E-state index in [1.54, 1.807) is 29.7 Å². The van der Waals surface area contributed by atoms with Crippen LogP contribution in [0.25, 0.3) is 16.2 Å². The van der Waals surface area contributed by atoms with Crippen molar-refractivity contribution in [1.29, 1.82) is 0 Å². The fourth-order valence-electron chi connectivity index (χ4n) is 1.97. The quantitative estimate of drug-likeness (QED) is 0.757. The fourth-order valence-corrected chi connectivity index (χ4v) is 3.28. The van der Waals surface area contributed by atoms with Crippen molar-refractivity contribution in [2.75, 3.05) is 0 Å². The summed E-state index contributed by atoms with van der Waals surface area (Å²) in [6.07, 6.45) is 1.65. The number of imidazole rings is 1. The molecule has 0 saturated heterocycles. The number of aryl methyl sites for hydroxylation is 1. The van der Waals surface area contributed by atoms with E-state index in [0.717, 1.165) is 15.8 Å². The first-order chi connectivity index (χ1) is 9.47. The molecule has 1 N–H and O–H groups in total. The molecule has 0 aliphatic heterocycles. The van der Waals surface area contributed by atoms with Crippen LogP contribution in [0.15, 0.2) is 28.9 Å². The average Bonchev–Trinajstić information content (AvgIpc) is 2.92. The Hall–Kier alpha value is -1.73. The number of fused-ring (bicyclic) bond motifs is 1. The number of benzene rings is 1. The van der Waals surface area contributed by atoms with E-state index >= 15 is 0 Å². The highest BCUT2D eigenvalue weighted by molar-refractivity contribution is 9.10. The molecule has 7 heteroatoms. The third-order valence-corrected chi connectivity index (χ3v) is 4.59. The standard InChI is InChI=1S/C13H8BrFN2O2S/c1-6-11(12(18)19)20-13-16-10(5-17(6)13)8-4-7(14)2-3-9(8)15/h2-5H,1H3,(H,18,19). The van der Waals surface area contributed by atoms with Crippen LogP contribution in [-0.2, 0) is 0 Å². The van der Waals surface area contributed by atoms with Crippen LogP contribution in [0.1, 0.15) is 15.4 Å². The minimum Gasteiger partial charge on any atom is -0.477 e. The van der Waals surface area contributed by atoms with Crippen LogP contribution in [0.3, 0.4) is 0 Å². The maximum atomic E-state index is 13.8. The summed E-state index contributed by atoms with van der Waals surface area (Å²) in [6.45, 7) is 1.70. The molecule has 2 heterocycles. The molecule has 2 aromatic heterocycles. The monoisotopic (exact) mass is 354 g/mol. The zero-order chi connectivity index (χ0) is 14.4. The molecule has 4 nitrogen and oxygen atoms in total. The number of nitrogens with zero attached hydrogens (tertiary/aromatic N) is 2. The average molecular weight is 355 g/mol. The van der Waals surface area contributed by atoms with E-state index in [4.69, 9.17) is 5.11 Å². The third-order valence-electron chi connectivity index (χ3n) is 2.96. The van der Waals surface area contributed by atoms with Crippen LogP contribution in [0, 0.1) is 12.7 Å². The molecule has 0 fully saturated rings. The normalized spacial score (nSPS) is 11.2. The molecule has 3 aromatic rings. The fraction of sp³-hybridized carbons (Fsp3) is 0.0769. The van der Waals surface area contributed by atoms with Crippen molar-refractivity contribution in [3.63, 3.8) is 0 Å². The molecule has 0 atom stereocenters. The van der Waals surface area contributed by atoms with E-state index in [1.165, 1.54) is 6.07 Å². The van der Waals surface area contributed by atoms with Crippen LogP contribution in [0.2, 0.25) is 0 Å². The van der Waals surface area contributed by atoms with Gasteiger partial charge in [-0.3, -0.25) is 4.40 Å². The van der Waals surface area contributed by atoms with Gasteiger partial charge >= 0.3 is 5.97 Å². The Morgan fingerprint density at radius 1 is 1.50 bits per heavy atom. The van der Waals surface area contributed by atoms with Gasteiger partial charge in [0.25, 0.3) is 0 Å². The summed E-state index contributed by atoms with van der Waals surface area (Å²) >= 11 is 4.37. The highest BCUT2D eigenvalue weighted by Crippen LogP contribution is 2.29. The Bertz CT molecular complexity index is 840. The summed E-state index contributed by atoms with van der Waals surface area (Å²) < 4.78 is 16.3. The van der Waals surface area contributed by atoms with Crippen molar-refractivity contribution in [1.82, 2.24) is 9.38 Å². The maximum Gasteiger partial charge on any atom is 0.347 e. The highest BCUT2D eigenvalue weighted by atomic mass is 79.9. The van der Waals surface area contributed by atoms with Crippen LogP contribution < -0.4 is 0 Å². The van der Waals surface area contributed by atoms with E-state index in [9.17, 15) is 9.18 Å². The van der Waals surface area contributed by atoms with Gasteiger partial charge in [0.15, 0.2) is 4.96 Å². The number of carboxylic acids is 1. The van der Waals surface area contributed by atoms with E-state index in [-0.39, 0.29) is 10.7 Å². The van der Waals surface area contributed by atoms with Crippen molar-refractivity contribution in [3.05, 3.63) is 45.3 Å². The molecular formula is C13H8BrFN2O2S. The van der Waals surface area contributed by atoms with Crippen molar-refractivity contribution in [2.24, 2.45) is 0 Å². The first-order valence-corrected chi connectivity index (χ1v) is 7.25. The van der Waals surface area contributed by atoms with Crippen molar-refractivity contribution >= 4 is 38.2 Å². The largest absolute Gasteiger partial charge is 0.477 e. The summed E-state index contributed by atoms with van der Waals surface area (Å²) in [4.78, 5) is 16.1. The van der Waals surface area contributed by atoms with Gasteiger partial charge in [-0.25, -0.2) is 14.2 Å². The van der Waals surface area contributed by atoms with E-state index in [1.807, 2.05) is 0 Å². The summed E-state index contributed by atoms with van der Waals surface area (Å²) in [5, 5.41) is 9.06. The lowest BCUT2D eigenvalue weighted by molar-refractivity contribution is 0.0701. The number of hydrogen-bond acceptors (Lipinski definition) is 3. The molecule has 0 saturated carbocycles. The first-order valence-electron chi connectivity index (χ1n) is 5.64. The van der Waals surface area contributed by atoms with Crippen LogP contribution in [0.4, 0.5) is 4.39 Å². The molecule has 0 unspecified atom stereocenters. The van der Waals surface area contributed by atoms with Gasteiger partial charge < -0.3 is 5.11 Å². The van der Waals surface area contributed by atoms with Gasteiger partial charge in [0.1, 0.15) is 10.7 Å². The predicted molar refractivity (Wildman–Crippen MR) is 77.9 cm³/mol. The van der Waals surface area contributed by atoms with E-state index in [0.29, 0.717) is 21.9 Å².